The number of hydrogen-bond acceptors (Lipinski definition) is 3. The van der Waals surface area contributed by atoms with Crippen molar-refractivity contribution in [2.45, 2.75) is 32.2 Å². The summed E-state index contributed by atoms with van der Waals surface area (Å²) in [4.78, 5) is 12.1. The van der Waals surface area contributed by atoms with Gasteiger partial charge in [-0.2, -0.15) is 0 Å². The molecule has 4 nitrogen and oxygen atoms in total. The van der Waals surface area contributed by atoms with Crippen LogP contribution in [-0.2, 0) is 4.79 Å². The van der Waals surface area contributed by atoms with E-state index >= 15 is 0 Å². The molecule has 0 unspecified atom stereocenters. The smallest absolute Gasteiger partial charge is 0.245 e. The first-order valence-corrected chi connectivity index (χ1v) is 7.24. The van der Waals surface area contributed by atoms with Crippen LogP contribution < -0.4 is 14.8 Å². The number of carbonyl (C=O) groups is 1. The van der Waals surface area contributed by atoms with Gasteiger partial charge in [0.2, 0.25) is 5.91 Å². The van der Waals surface area contributed by atoms with E-state index < -0.39 is 5.54 Å². The van der Waals surface area contributed by atoms with Crippen LogP contribution in [0.1, 0.15) is 32.3 Å². The molecule has 1 N–H and O–H groups in total. The maximum atomic E-state index is 12.1. The number of terminal acetylenes is 1. The lowest BCUT2D eigenvalue weighted by Gasteiger charge is -2.26. The van der Waals surface area contributed by atoms with Gasteiger partial charge in [-0.3, -0.25) is 4.79 Å². The molecule has 4 heteroatoms. The first-order valence-electron chi connectivity index (χ1n) is 7.24. The third-order valence-corrected chi connectivity index (χ3v) is 3.70. The van der Waals surface area contributed by atoms with E-state index in [2.05, 4.69) is 11.2 Å². The number of amides is 1. The quantitative estimate of drug-likeness (QED) is 0.622. The van der Waals surface area contributed by atoms with Gasteiger partial charge in [0.15, 0.2) is 0 Å². The SMILES string of the molecule is C#CC(CC)(CC)NC(=O)/C=C/c1cc(OC)ccc1OC. The van der Waals surface area contributed by atoms with Crippen LogP contribution in [0.5, 0.6) is 11.5 Å². The average Bonchev–Trinajstić information content (AvgIpc) is 2.57. The fraction of sp³-hybridized carbons (Fsp3) is 0.389. The van der Waals surface area contributed by atoms with Gasteiger partial charge in [0.25, 0.3) is 0 Å². The molecule has 118 valence electrons. The van der Waals surface area contributed by atoms with Gasteiger partial charge in [-0.15, -0.1) is 6.42 Å². The topological polar surface area (TPSA) is 47.6 Å². The number of carbonyl (C=O) groups excluding carboxylic acids is 1. The van der Waals surface area contributed by atoms with Gasteiger partial charge in [0, 0.05) is 11.6 Å². The lowest BCUT2D eigenvalue weighted by Crippen LogP contribution is -2.45. The molecule has 0 aliphatic rings. The molecule has 0 saturated heterocycles. The molecule has 0 atom stereocenters. The Labute approximate surface area is 132 Å². The van der Waals surface area contributed by atoms with Gasteiger partial charge in [-0.1, -0.05) is 19.8 Å². The number of methoxy groups -OCH3 is 2. The minimum atomic E-state index is -0.597. The van der Waals surface area contributed by atoms with E-state index in [1.165, 1.54) is 6.08 Å². The van der Waals surface area contributed by atoms with Gasteiger partial charge in [-0.05, 0) is 37.1 Å². The van der Waals surface area contributed by atoms with Crippen LogP contribution in [0.4, 0.5) is 0 Å². The minimum Gasteiger partial charge on any atom is -0.497 e. The normalized spacial score (nSPS) is 11.0. The summed E-state index contributed by atoms with van der Waals surface area (Å²) in [6.07, 6.45) is 10.0. The molecule has 0 spiro atoms. The number of rotatable bonds is 7. The van der Waals surface area contributed by atoms with E-state index in [9.17, 15) is 4.79 Å². The summed E-state index contributed by atoms with van der Waals surface area (Å²) in [7, 11) is 3.17. The summed E-state index contributed by atoms with van der Waals surface area (Å²) in [6, 6.07) is 5.39. The molecule has 1 aromatic carbocycles. The lowest BCUT2D eigenvalue weighted by atomic mass is 9.94. The van der Waals surface area contributed by atoms with Gasteiger partial charge in [0.1, 0.15) is 17.0 Å². The lowest BCUT2D eigenvalue weighted by molar-refractivity contribution is -0.117. The maximum absolute atomic E-state index is 12.1. The minimum absolute atomic E-state index is 0.230. The molecular formula is C18H23NO3. The zero-order chi connectivity index (χ0) is 16.6. The van der Waals surface area contributed by atoms with E-state index in [-0.39, 0.29) is 5.91 Å². The first-order chi connectivity index (χ1) is 10.5. The van der Waals surface area contributed by atoms with Crippen LogP contribution in [0.25, 0.3) is 6.08 Å². The van der Waals surface area contributed by atoms with E-state index in [0.29, 0.717) is 24.3 Å². The Morgan fingerprint density at radius 1 is 1.32 bits per heavy atom. The molecule has 0 aliphatic heterocycles. The second-order valence-electron chi connectivity index (χ2n) is 4.86. The molecule has 1 amide bonds. The highest BCUT2D eigenvalue weighted by molar-refractivity contribution is 5.93. The molecule has 0 heterocycles. The highest BCUT2D eigenvalue weighted by Gasteiger charge is 2.24. The van der Waals surface area contributed by atoms with Crippen molar-refractivity contribution >= 4 is 12.0 Å². The largest absolute Gasteiger partial charge is 0.497 e. The molecule has 0 aromatic heterocycles. The van der Waals surface area contributed by atoms with Crippen LogP contribution in [0.15, 0.2) is 24.3 Å². The second-order valence-corrected chi connectivity index (χ2v) is 4.86. The summed E-state index contributed by atoms with van der Waals surface area (Å²) in [5.74, 6) is 3.81. The van der Waals surface area contributed by atoms with E-state index in [0.717, 1.165) is 5.56 Å². The molecule has 1 aromatic rings. The van der Waals surface area contributed by atoms with Gasteiger partial charge in [0.05, 0.1) is 14.2 Å². The molecule has 0 saturated carbocycles. The molecular weight excluding hydrogens is 278 g/mol. The van der Waals surface area contributed by atoms with Crippen molar-refractivity contribution in [3.63, 3.8) is 0 Å². The summed E-state index contributed by atoms with van der Waals surface area (Å²) in [5.41, 5.74) is 0.163. The summed E-state index contributed by atoms with van der Waals surface area (Å²) < 4.78 is 10.4. The molecule has 22 heavy (non-hydrogen) atoms. The van der Waals surface area contributed by atoms with Gasteiger partial charge in [-0.25, -0.2) is 0 Å². The predicted molar refractivity (Wildman–Crippen MR) is 88.9 cm³/mol. The number of benzene rings is 1. The molecule has 0 fully saturated rings. The molecule has 0 bridgehead atoms. The zero-order valence-corrected chi connectivity index (χ0v) is 13.6. The Morgan fingerprint density at radius 2 is 2.00 bits per heavy atom. The van der Waals surface area contributed by atoms with E-state index in [1.54, 1.807) is 38.5 Å². The Morgan fingerprint density at radius 3 is 2.50 bits per heavy atom. The van der Waals surface area contributed by atoms with Crippen LogP contribution in [0.3, 0.4) is 0 Å². The highest BCUT2D eigenvalue weighted by atomic mass is 16.5. The van der Waals surface area contributed by atoms with Crippen LogP contribution in [0, 0.1) is 12.3 Å². The zero-order valence-electron chi connectivity index (χ0n) is 13.6. The molecule has 0 radical (unpaired) electrons. The van der Waals surface area contributed by atoms with Crippen molar-refractivity contribution in [1.29, 1.82) is 0 Å². The van der Waals surface area contributed by atoms with Crippen molar-refractivity contribution in [3.8, 4) is 23.8 Å². The van der Waals surface area contributed by atoms with Crippen molar-refractivity contribution in [1.82, 2.24) is 5.32 Å². The number of hydrogen-bond donors (Lipinski definition) is 1. The standard InChI is InChI=1S/C18H23NO3/c1-6-18(7-2,8-3)19-17(20)12-9-14-13-15(21-4)10-11-16(14)22-5/h1,9-13H,7-8H2,2-5H3,(H,19,20)/b12-9+. The summed E-state index contributed by atoms with van der Waals surface area (Å²) in [5, 5.41) is 2.88. The Balaban J connectivity index is 2.92. The fourth-order valence-corrected chi connectivity index (χ4v) is 2.08. The van der Waals surface area contributed by atoms with E-state index in [1.807, 2.05) is 13.8 Å². The highest BCUT2D eigenvalue weighted by Crippen LogP contribution is 2.25. The average molecular weight is 301 g/mol. The van der Waals surface area contributed by atoms with Crippen molar-refractivity contribution in [2.75, 3.05) is 14.2 Å². The van der Waals surface area contributed by atoms with Crippen LogP contribution in [-0.4, -0.2) is 25.7 Å². The first kappa shape index (κ1) is 17.6. The third kappa shape index (κ3) is 4.29. The van der Waals surface area contributed by atoms with Crippen molar-refractivity contribution in [3.05, 3.63) is 29.8 Å². The Kier molecular flexibility index (Phi) is 6.52. The van der Waals surface area contributed by atoms with Gasteiger partial charge >= 0.3 is 0 Å². The Hall–Kier alpha value is -2.41. The van der Waals surface area contributed by atoms with Gasteiger partial charge < -0.3 is 14.8 Å². The number of ether oxygens (including phenoxy) is 2. The maximum Gasteiger partial charge on any atom is 0.245 e. The predicted octanol–water partition coefficient (Wildman–Crippen LogP) is 3.03. The Bertz CT molecular complexity index is 580. The van der Waals surface area contributed by atoms with E-state index in [4.69, 9.17) is 15.9 Å². The van der Waals surface area contributed by atoms with Crippen molar-refractivity contribution < 1.29 is 14.3 Å². The monoisotopic (exact) mass is 301 g/mol. The number of nitrogens with one attached hydrogen (secondary N) is 1. The summed E-state index contributed by atoms with van der Waals surface area (Å²) in [6.45, 7) is 3.91. The van der Waals surface area contributed by atoms with Crippen LogP contribution in [0.2, 0.25) is 0 Å². The van der Waals surface area contributed by atoms with Crippen molar-refractivity contribution in [2.24, 2.45) is 0 Å². The second kappa shape index (κ2) is 8.14. The molecule has 1 rings (SSSR count). The third-order valence-electron chi connectivity index (χ3n) is 3.70. The molecule has 0 aliphatic carbocycles. The van der Waals surface area contributed by atoms with Crippen LogP contribution >= 0.6 is 0 Å². The summed E-state index contributed by atoms with van der Waals surface area (Å²) >= 11 is 0. The fourth-order valence-electron chi connectivity index (χ4n) is 2.08.